The highest BCUT2D eigenvalue weighted by molar-refractivity contribution is 7.15. The monoisotopic (exact) mass is 339 g/mol. The van der Waals surface area contributed by atoms with E-state index in [1.807, 2.05) is 42.5 Å². The minimum absolute atomic E-state index is 0.426. The molecule has 4 rings (SSSR count). The average molecular weight is 340 g/mol. The van der Waals surface area contributed by atoms with Crippen LogP contribution in [-0.2, 0) is 6.54 Å². The fourth-order valence-corrected chi connectivity index (χ4v) is 3.80. The number of imidazole rings is 1. The van der Waals surface area contributed by atoms with Crippen molar-refractivity contribution in [1.29, 1.82) is 0 Å². The molecule has 2 aromatic heterocycles. The maximum atomic E-state index is 6.05. The van der Waals surface area contributed by atoms with E-state index in [9.17, 15) is 0 Å². The van der Waals surface area contributed by atoms with Gasteiger partial charge in [0.15, 0.2) is 4.96 Å². The van der Waals surface area contributed by atoms with Gasteiger partial charge in [0.2, 0.25) is 0 Å². The molecule has 5 heteroatoms. The van der Waals surface area contributed by atoms with Crippen LogP contribution in [0.25, 0.3) is 27.5 Å². The zero-order chi connectivity index (χ0) is 15.8. The van der Waals surface area contributed by atoms with Crippen molar-refractivity contribution in [1.82, 2.24) is 9.38 Å². The van der Waals surface area contributed by atoms with Gasteiger partial charge in [-0.15, -0.1) is 11.3 Å². The molecule has 0 unspecified atom stereocenters. The van der Waals surface area contributed by atoms with Gasteiger partial charge < -0.3 is 5.73 Å². The Kier molecular flexibility index (Phi) is 3.65. The normalized spacial score (nSPS) is 11.2. The maximum Gasteiger partial charge on any atom is 0.195 e. The minimum atomic E-state index is 0.426. The number of thiazole rings is 1. The molecule has 0 radical (unpaired) electrons. The van der Waals surface area contributed by atoms with E-state index in [2.05, 4.69) is 21.9 Å². The molecule has 23 heavy (non-hydrogen) atoms. The molecule has 0 aliphatic rings. The highest BCUT2D eigenvalue weighted by Crippen LogP contribution is 2.33. The summed E-state index contributed by atoms with van der Waals surface area (Å²) in [6, 6.07) is 18.0. The van der Waals surface area contributed by atoms with Crippen LogP contribution in [0.15, 0.2) is 60.0 Å². The van der Waals surface area contributed by atoms with Crippen LogP contribution >= 0.6 is 22.9 Å². The first-order valence-corrected chi connectivity index (χ1v) is 8.54. The predicted octanol–water partition coefficient (Wildman–Crippen LogP) is 4.84. The van der Waals surface area contributed by atoms with Crippen molar-refractivity contribution < 1.29 is 0 Å². The summed E-state index contributed by atoms with van der Waals surface area (Å²) in [5.41, 5.74) is 11.3. The van der Waals surface area contributed by atoms with Gasteiger partial charge in [-0.25, -0.2) is 4.98 Å². The standard InChI is InChI=1S/C18H14ClN3S/c19-14-8-6-13(7-9-14)17-15(10-20)22-16(11-23-18(22)21-17)12-4-2-1-3-5-12/h1-9,11H,10,20H2. The quantitative estimate of drug-likeness (QED) is 0.580. The number of benzene rings is 2. The minimum Gasteiger partial charge on any atom is -0.325 e. The van der Waals surface area contributed by atoms with Crippen LogP contribution < -0.4 is 5.73 Å². The molecule has 0 spiro atoms. The summed E-state index contributed by atoms with van der Waals surface area (Å²) in [5.74, 6) is 0. The molecule has 0 amide bonds. The average Bonchev–Trinajstić information content (AvgIpc) is 3.15. The lowest BCUT2D eigenvalue weighted by Crippen LogP contribution is -2.03. The van der Waals surface area contributed by atoms with Crippen LogP contribution in [0.5, 0.6) is 0 Å². The summed E-state index contributed by atoms with van der Waals surface area (Å²) in [5, 5.41) is 2.84. The number of nitrogens with zero attached hydrogens (tertiary/aromatic N) is 2. The zero-order valence-corrected chi connectivity index (χ0v) is 13.8. The lowest BCUT2D eigenvalue weighted by Gasteiger charge is -2.05. The number of aromatic nitrogens is 2. The molecule has 0 atom stereocenters. The molecule has 2 N–H and O–H groups in total. The second-order valence-corrected chi connectivity index (χ2v) is 6.50. The largest absolute Gasteiger partial charge is 0.325 e. The second-order valence-electron chi connectivity index (χ2n) is 5.22. The molecular weight excluding hydrogens is 326 g/mol. The Bertz CT molecular complexity index is 955. The van der Waals surface area contributed by atoms with Crippen LogP contribution in [0, 0.1) is 0 Å². The number of hydrogen-bond acceptors (Lipinski definition) is 3. The lowest BCUT2D eigenvalue weighted by atomic mass is 10.1. The Morgan fingerprint density at radius 3 is 2.43 bits per heavy atom. The van der Waals surface area contributed by atoms with Crippen molar-refractivity contribution >= 4 is 27.9 Å². The van der Waals surface area contributed by atoms with E-state index in [1.165, 1.54) is 0 Å². The third kappa shape index (κ3) is 2.45. The van der Waals surface area contributed by atoms with E-state index < -0.39 is 0 Å². The van der Waals surface area contributed by atoms with Crippen LogP contribution in [0.1, 0.15) is 5.69 Å². The molecule has 0 bridgehead atoms. The molecule has 0 aliphatic heterocycles. The molecular formula is C18H14ClN3S. The number of nitrogens with two attached hydrogens (primary N) is 1. The van der Waals surface area contributed by atoms with Gasteiger partial charge in [-0.3, -0.25) is 4.40 Å². The van der Waals surface area contributed by atoms with Gasteiger partial charge in [0.25, 0.3) is 0 Å². The van der Waals surface area contributed by atoms with Crippen molar-refractivity contribution in [3.05, 3.63) is 70.7 Å². The fourth-order valence-electron chi connectivity index (χ4n) is 2.75. The van der Waals surface area contributed by atoms with Crippen LogP contribution in [0.4, 0.5) is 0 Å². The Balaban J connectivity index is 1.95. The molecule has 2 heterocycles. The summed E-state index contributed by atoms with van der Waals surface area (Å²) >= 11 is 7.61. The van der Waals surface area contributed by atoms with Crippen molar-refractivity contribution in [2.75, 3.05) is 0 Å². The van der Waals surface area contributed by atoms with Gasteiger partial charge in [0.05, 0.1) is 17.1 Å². The highest BCUT2D eigenvalue weighted by Gasteiger charge is 2.17. The lowest BCUT2D eigenvalue weighted by molar-refractivity contribution is 0.973. The van der Waals surface area contributed by atoms with E-state index in [0.717, 1.165) is 33.2 Å². The van der Waals surface area contributed by atoms with E-state index in [0.29, 0.717) is 11.6 Å². The first-order chi connectivity index (χ1) is 11.3. The fraction of sp³-hybridized carbons (Fsp3) is 0.0556. The van der Waals surface area contributed by atoms with Gasteiger partial charge in [0.1, 0.15) is 0 Å². The summed E-state index contributed by atoms with van der Waals surface area (Å²) in [4.78, 5) is 5.74. The van der Waals surface area contributed by atoms with Crippen LogP contribution in [-0.4, -0.2) is 9.38 Å². The molecule has 3 nitrogen and oxygen atoms in total. The SMILES string of the molecule is NCc1c(-c2ccc(Cl)cc2)nc2scc(-c3ccccc3)n12. The summed E-state index contributed by atoms with van der Waals surface area (Å²) in [6.45, 7) is 0.426. The van der Waals surface area contributed by atoms with E-state index in [4.69, 9.17) is 22.3 Å². The van der Waals surface area contributed by atoms with Gasteiger partial charge in [-0.05, 0) is 17.7 Å². The number of halogens is 1. The Hall–Kier alpha value is -2.14. The Morgan fingerprint density at radius 2 is 1.74 bits per heavy atom. The third-order valence-corrected chi connectivity index (χ3v) is 4.92. The summed E-state index contributed by atoms with van der Waals surface area (Å²) in [6.07, 6.45) is 0. The number of rotatable bonds is 3. The second kappa shape index (κ2) is 5.81. The molecule has 0 fully saturated rings. The zero-order valence-electron chi connectivity index (χ0n) is 12.2. The Labute approximate surface area is 143 Å². The van der Waals surface area contributed by atoms with Crippen molar-refractivity contribution in [2.24, 2.45) is 5.73 Å². The molecule has 0 aliphatic carbocycles. The van der Waals surface area contributed by atoms with Gasteiger partial charge in [0, 0.05) is 22.5 Å². The first kappa shape index (κ1) is 14.5. The van der Waals surface area contributed by atoms with E-state index >= 15 is 0 Å². The molecule has 2 aromatic carbocycles. The van der Waals surface area contributed by atoms with E-state index in [-0.39, 0.29) is 0 Å². The number of hydrogen-bond donors (Lipinski definition) is 1. The topological polar surface area (TPSA) is 43.3 Å². The predicted molar refractivity (Wildman–Crippen MR) is 96.8 cm³/mol. The molecule has 4 aromatic rings. The highest BCUT2D eigenvalue weighted by atomic mass is 35.5. The van der Waals surface area contributed by atoms with Crippen molar-refractivity contribution in [3.8, 4) is 22.5 Å². The summed E-state index contributed by atoms with van der Waals surface area (Å²) in [7, 11) is 0. The maximum absolute atomic E-state index is 6.05. The van der Waals surface area contributed by atoms with Crippen molar-refractivity contribution in [3.63, 3.8) is 0 Å². The molecule has 114 valence electrons. The smallest absolute Gasteiger partial charge is 0.195 e. The third-order valence-electron chi connectivity index (χ3n) is 3.84. The van der Waals surface area contributed by atoms with Crippen LogP contribution in [0.2, 0.25) is 5.02 Å². The number of fused-ring (bicyclic) bond motifs is 1. The van der Waals surface area contributed by atoms with Crippen LogP contribution in [0.3, 0.4) is 0 Å². The first-order valence-electron chi connectivity index (χ1n) is 7.28. The van der Waals surface area contributed by atoms with Gasteiger partial charge >= 0.3 is 0 Å². The van der Waals surface area contributed by atoms with Crippen molar-refractivity contribution in [2.45, 2.75) is 6.54 Å². The van der Waals surface area contributed by atoms with E-state index in [1.54, 1.807) is 11.3 Å². The summed E-state index contributed by atoms with van der Waals surface area (Å²) < 4.78 is 2.16. The van der Waals surface area contributed by atoms with Gasteiger partial charge in [-0.1, -0.05) is 54.1 Å². The van der Waals surface area contributed by atoms with Gasteiger partial charge in [-0.2, -0.15) is 0 Å². The molecule has 0 saturated heterocycles. The molecule has 0 saturated carbocycles. The Morgan fingerprint density at radius 1 is 1.00 bits per heavy atom.